The van der Waals surface area contributed by atoms with Crippen LogP contribution in [-0.2, 0) is 6.42 Å². The zero-order valence-corrected chi connectivity index (χ0v) is 12.7. The maximum atomic E-state index is 4.39. The van der Waals surface area contributed by atoms with Gasteiger partial charge in [0, 0.05) is 23.1 Å². The molecule has 0 spiro atoms. The summed E-state index contributed by atoms with van der Waals surface area (Å²) in [5.41, 5.74) is 6.55. The van der Waals surface area contributed by atoms with E-state index in [0.29, 0.717) is 4.83 Å². The quantitative estimate of drug-likeness (QED) is 0.750. The summed E-state index contributed by atoms with van der Waals surface area (Å²) in [4.78, 5) is 4.72. The van der Waals surface area contributed by atoms with Gasteiger partial charge in [-0.15, -0.1) is 0 Å². The van der Waals surface area contributed by atoms with Gasteiger partial charge in [-0.05, 0) is 49.6 Å². The number of pyridine rings is 1. The van der Waals surface area contributed by atoms with Gasteiger partial charge in [-0.25, -0.2) is 0 Å². The van der Waals surface area contributed by atoms with E-state index in [4.69, 9.17) is 0 Å². The number of halogens is 1. The molecule has 0 N–H and O–H groups in total. The normalized spacial score (nSPS) is 12.4. The molecular formula is C16H18BrN. The molecule has 2 rings (SSSR count). The summed E-state index contributed by atoms with van der Waals surface area (Å²) >= 11 is 3.81. The van der Waals surface area contributed by atoms with Crippen LogP contribution in [0, 0.1) is 20.8 Å². The zero-order chi connectivity index (χ0) is 13.1. The van der Waals surface area contributed by atoms with Gasteiger partial charge in [0.2, 0.25) is 0 Å². The minimum atomic E-state index is 0.327. The van der Waals surface area contributed by atoms with Crippen LogP contribution in [0.4, 0.5) is 0 Å². The van der Waals surface area contributed by atoms with Crippen molar-refractivity contribution in [3.8, 4) is 0 Å². The van der Waals surface area contributed by atoms with Crippen LogP contribution in [0.15, 0.2) is 36.5 Å². The van der Waals surface area contributed by atoms with E-state index in [1.54, 1.807) is 0 Å². The lowest BCUT2D eigenvalue weighted by Gasteiger charge is -2.16. The van der Waals surface area contributed by atoms with Gasteiger partial charge in [-0.3, -0.25) is 4.98 Å². The Bertz CT molecular complexity index is 511. The summed E-state index contributed by atoms with van der Waals surface area (Å²) in [7, 11) is 0. The van der Waals surface area contributed by atoms with Crippen molar-refractivity contribution in [2.24, 2.45) is 0 Å². The Kier molecular flexibility index (Phi) is 4.18. The highest BCUT2D eigenvalue weighted by Gasteiger charge is 2.14. The van der Waals surface area contributed by atoms with Crippen LogP contribution in [0.3, 0.4) is 0 Å². The van der Waals surface area contributed by atoms with Crippen LogP contribution >= 0.6 is 15.9 Å². The maximum absolute atomic E-state index is 4.39. The lowest BCUT2D eigenvalue weighted by atomic mass is 9.95. The van der Waals surface area contributed by atoms with Crippen LogP contribution in [0.5, 0.6) is 0 Å². The molecular weight excluding hydrogens is 286 g/mol. The number of aryl methyl sites for hydroxylation is 3. The average Bonchev–Trinajstić information content (AvgIpc) is 2.28. The van der Waals surface area contributed by atoms with E-state index in [0.717, 1.165) is 12.1 Å². The fraction of sp³-hybridized carbons (Fsp3) is 0.312. The molecule has 0 amide bonds. The molecule has 1 aromatic heterocycles. The average molecular weight is 304 g/mol. The highest BCUT2D eigenvalue weighted by Crippen LogP contribution is 2.32. The van der Waals surface area contributed by atoms with Crippen molar-refractivity contribution in [1.29, 1.82) is 0 Å². The highest BCUT2D eigenvalue weighted by atomic mass is 79.9. The lowest BCUT2D eigenvalue weighted by Crippen LogP contribution is -2.02. The molecule has 94 valence electrons. The molecule has 1 unspecified atom stereocenters. The van der Waals surface area contributed by atoms with Crippen molar-refractivity contribution >= 4 is 15.9 Å². The molecule has 0 radical (unpaired) electrons. The number of nitrogens with zero attached hydrogens (tertiary/aromatic N) is 1. The van der Waals surface area contributed by atoms with E-state index in [2.05, 4.69) is 59.9 Å². The number of rotatable bonds is 3. The molecule has 0 aliphatic rings. The summed E-state index contributed by atoms with van der Waals surface area (Å²) in [6.07, 6.45) is 2.77. The second-order valence-corrected chi connectivity index (χ2v) is 5.91. The van der Waals surface area contributed by atoms with Crippen molar-refractivity contribution < 1.29 is 0 Å². The molecule has 0 aliphatic heterocycles. The van der Waals surface area contributed by atoms with Crippen molar-refractivity contribution in [3.05, 3.63) is 64.5 Å². The van der Waals surface area contributed by atoms with Gasteiger partial charge in [0.05, 0.1) is 0 Å². The number of hydrogen-bond acceptors (Lipinski definition) is 1. The van der Waals surface area contributed by atoms with E-state index >= 15 is 0 Å². The third-order valence-corrected chi connectivity index (χ3v) is 3.95. The monoisotopic (exact) mass is 303 g/mol. The molecule has 2 heteroatoms. The molecule has 18 heavy (non-hydrogen) atoms. The number of aromatic nitrogens is 1. The van der Waals surface area contributed by atoms with Crippen molar-refractivity contribution in [3.63, 3.8) is 0 Å². The molecule has 1 heterocycles. The van der Waals surface area contributed by atoms with E-state index in [1.165, 1.54) is 22.3 Å². The highest BCUT2D eigenvalue weighted by molar-refractivity contribution is 9.09. The van der Waals surface area contributed by atoms with Crippen LogP contribution in [0.1, 0.15) is 32.8 Å². The fourth-order valence-corrected chi connectivity index (χ4v) is 3.54. The molecule has 0 aliphatic carbocycles. The number of alkyl halides is 1. The maximum Gasteiger partial charge on any atom is 0.0455 e. The topological polar surface area (TPSA) is 12.9 Å². The second-order valence-electron chi connectivity index (χ2n) is 4.81. The standard InChI is InChI=1S/C16H18BrN/c1-11-8-12(2)16(13(3)9-11)15(17)10-14-6-4-5-7-18-14/h4-9,15H,10H2,1-3H3. The Morgan fingerprint density at radius 2 is 1.78 bits per heavy atom. The van der Waals surface area contributed by atoms with Crippen LogP contribution in [0.25, 0.3) is 0 Å². The number of hydrogen-bond donors (Lipinski definition) is 0. The Labute approximate surface area is 117 Å². The lowest BCUT2D eigenvalue weighted by molar-refractivity contribution is 0.888. The van der Waals surface area contributed by atoms with Gasteiger partial charge >= 0.3 is 0 Å². The zero-order valence-electron chi connectivity index (χ0n) is 11.1. The number of benzene rings is 1. The largest absolute Gasteiger partial charge is 0.261 e. The minimum absolute atomic E-state index is 0.327. The Hall–Kier alpha value is -1.15. The first-order chi connectivity index (χ1) is 8.58. The van der Waals surface area contributed by atoms with Gasteiger partial charge in [0.15, 0.2) is 0 Å². The molecule has 0 fully saturated rings. The molecule has 1 nitrogen and oxygen atoms in total. The van der Waals surface area contributed by atoms with Crippen molar-refractivity contribution in [2.75, 3.05) is 0 Å². The predicted octanol–water partition coefficient (Wildman–Crippen LogP) is 4.69. The Morgan fingerprint density at radius 1 is 1.11 bits per heavy atom. The molecule has 1 atom stereocenters. The molecule has 0 saturated carbocycles. The van der Waals surface area contributed by atoms with Crippen molar-refractivity contribution in [1.82, 2.24) is 4.98 Å². The van der Waals surface area contributed by atoms with Gasteiger partial charge in [0.25, 0.3) is 0 Å². The van der Waals surface area contributed by atoms with E-state index in [-0.39, 0.29) is 0 Å². The smallest absolute Gasteiger partial charge is 0.0455 e. The minimum Gasteiger partial charge on any atom is -0.261 e. The third-order valence-electron chi connectivity index (χ3n) is 3.17. The first-order valence-corrected chi connectivity index (χ1v) is 7.11. The second kappa shape index (κ2) is 5.66. The summed E-state index contributed by atoms with van der Waals surface area (Å²) in [5.74, 6) is 0. The van der Waals surface area contributed by atoms with Gasteiger partial charge < -0.3 is 0 Å². The Morgan fingerprint density at radius 3 is 2.33 bits per heavy atom. The SMILES string of the molecule is Cc1cc(C)c(C(Br)Cc2ccccn2)c(C)c1. The van der Waals surface area contributed by atoms with E-state index < -0.39 is 0 Å². The van der Waals surface area contributed by atoms with E-state index in [1.807, 2.05) is 18.3 Å². The molecule has 0 saturated heterocycles. The third kappa shape index (κ3) is 2.99. The molecule has 0 bridgehead atoms. The van der Waals surface area contributed by atoms with Crippen molar-refractivity contribution in [2.45, 2.75) is 32.0 Å². The first-order valence-electron chi connectivity index (χ1n) is 6.19. The summed E-state index contributed by atoms with van der Waals surface area (Å²) in [5, 5.41) is 0. The van der Waals surface area contributed by atoms with Gasteiger partial charge in [-0.2, -0.15) is 0 Å². The molecule has 2 aromatic rings. The van der Waals surface area contributed by atoms with Crippen LogP contribution in [0.2, 0.25) is 0 Å². The molecule has 1 aromatic carbocycles. The summed E-state index contributed by atoms with van der Waals surface area (Å²) < 4.78 is 0. The van der Waals surface area contributed by atoms with E-state index in [9.17, 15) is 0 Å². The first kappa shape index (κ1) is 13.3. The summed E-state index contributed by atoms with van der Waals surface area (Å²) in [6.45, 7) is 6.51. The van der Waals surface area contributed by atoms with Crippen LogP contribution < -0.4 is 0 Å². The van der Waals surface area contributed by atoms with Gasteiger partial charge in [0.1, 0.15) is 0 Å². The van der Waals surface area contributed by atoms with Gasteiger partial charge in [-0.1, -0.05) is 39.7 Å². The van der Waals surface area contributed by atoms with Crippen LogP contribution in [-0.4, -0.2) is 4.98 Å². The Balaban J connectivity index is 2.27. The summed E-state index contributed by atoms with van der Waals surface area (Å²) in [6, 6.07) is 10.6. The fourth-order valence-electron chi connectivity index (χ4n) is 2.49. The predicted molar refractivity (Wildman–Crippen MR) is 80.3 cm³/mol.